The minimum atomic E-state index is -0.878. The molecule has 2 heterocycles. The summed E-state index contributed by atoms with van der Waals surface area (Å²) in [6, 6.07) is 5.40. The van der Waals surface area contributed by atoms with Gasteiger partial charge in [0.15, 0.2) is 0 Å². The molecular weight excluding hydrogens is 530 g/mol. The fourth-order valence-corrected chi connectivity index (χ4v) is 5.33. The van der Waals surface area contributed by atoms with Gasteiger partial charge in [-0.3, -0.25) is 14.4 Å². The molecule has 1 aromatic carbocycles. The summed E-state index contributed by atoms with van der Waals surface area (Å²) in [6.45, 7) is 11.4. The maximum Gasteiger partial charge on any atom is 0.246 e. The zero-order chi connectivity index (χ0) is 30.0. The molecule has 0 spiro atoms. The van der Waals surface area contributed by atoms with Crippen molar-refractivity contribution in [1.82, 2.24) is 25.4 Å². The van der Waals surface area contributed by atoms with Crippen LogP contribution in [0.15, 0.2) is 29.8 Å². The van der Waals surface area contributed by atoms with Crippen molar-refractivity contribution < 1.29 is 24.6 Å². The first-order valence-corrected chi connectivity index (χ1v) is 14.3. The van der Waals surface area contributed by atoms with E-state index in [9.17, 15) is 24.6 Å². The maximum atomic E-state index is 13.8. The highest BCUT2D eigenvalue weighted by molar-refractivity contribution is 7.13. The van der Waals surface area contributed by atoms with Gasteiger partial charge in [-0.25, -0.2) is 4.98 Å². The molecule has 40 heavy (non-hydrogen) atoms. The summed E-state index contributed by atoms with van der Waals surface area (Å²) >= 11 is 1.34. The summed E-state index contributed by atoms with van der Waals surface area (Å²) in [5.41, 5.74) is 1.94. The van der Waals surface area contributed by atoms with Crippen LogP contribution in [0.25, 0.3) is 10.4 Å². The number of carbonyl (C=O) groups excluding carboxylic acids is 3. The van der Waals surface area contributed by atoms with Gasteiger partial charge < -0.3 is 30.6 Å². The van der Waals surface area contributed by atoms with Crippen molar-refractivity contribution in [2.75, 3.05) is 27.2 Å². The number of nitrogens with one attached hydrogen (secondary N) is 2. The largest absolute Gasteiger partial charge is 0.492 e. The molecule has 3 amide bonds. The summed E-state index contributed by atoms with van der Waals surface area (Å²) in [4.78, 5) is 48.2. The maximum absolute atomic E-state index is 13.8. The van der Waals surface area contributed by atoms with E-state index in [0.717, 1.165) is 11.1 Å². The molecule has 1 fully saturated rings. The molecule has 1 saturated heterocycles. The van der Waals surface area contributed by atoms with Crippen LogP contribution in [0.1, 0.15) is 59.6 Å². The van der Waals surface area contributed by atoms with Crippen molar-refractivity contribution in [3.63, 3.8) is 0 Å². The smallest absolute Gasteiger partial charge is 0.246 e. The van der Waals surface area contributed by atoms with Crippen LogP contribution in [0.2, 0.25) is 0 Å². The number of likely N-dealkylation sites (N-methyl/N-ethyl adjacent to an activating group) is 1. The molecule has 1 aliphatic rings. The van der Waals surface area contributed by atoms with Crippen LogP contribution in [0.4, 0.5) is 0 Å². The molecule has 10 nitrogen and oxygen atoms in total. The second kappa shape index (κ2) is 12.2. The van der Waals surface area contributed by atoms with Crippen LogP contribution in [0.5, 0.6) is 5.88 Å². The van der Waals surface area contributed by atoms with Gasteiger partial charge in [0.25, 0.3) is 0 Å². The van der Waals surface area contributed by atoms with E-state index in [2.05, 4.69) is 15.6 Å². The number of aromatic hydroxyl groups is 1. The Morgan fingerprint density at radius 3 is 2.23 bits per heavy atom. The van der Waals surface area contributed by atoms with E-state index in [0.29, 0.717) is 11.4 Å². The van der Waals surface area contributed by atoms with Crippen molar-refractivity contribution in [1.29, 1.82) is 0 Å². The summed E-state index contributed by atoms with van der Waals surface area (Å²) in [5.74, 6) is -1.04. The number of nitrogens with zero attached hydrogens (tertiary/aromatic N) is 3. The zero-order valence-electron chi connectivity index (χ0n) is 24.7. The minimum Gasteiger partial charge on any atom is -0.492 e. The van der Waals surface area contributed by atoms with Crippen molar-refractivity contribution >= 4 is 29.1 Å². The van der Waals surface area contributed by atoms with Crippen LogP contribution >= 0.6 is 11.3 Å². The predicted molar refractivity (Wildman–Crippen MR) is 156 cm³/mol. The van der Waals surface area contributed by atoms with E-state index in [4.69, 9.17) is 0 Å². The van der Waals surface area contributed by atoms with Gasteiger partial charge >= 0.3 is 0 Å². The molecule has 0 saturated carbocycles. The fraction of sp³-hybridized carbons (Fsp3) is 0.586. The Kier molecular flexibility index (Phi) is 9.64. The lowest BCUT2D eigenvalue weighted by atomic mass is 9.84. The number of hydrogen-bond donors (Lipinski definition) is 4. The summed E-state index contributed by atoms with van der Waals surface area (Å²) in [6.07, 6.45) is -0.739. The lowest BCUT2D eigenvalue weighted by Crippen LogP contribution is -2.59. The third-order valence-electron chi connectivity index (χ3n) is 6.92. The second-order valence-corrected chi connectivity index (χ2v) is 13.7. The van der Waals surface area contributed by atoms with Gasteiger partial charge in [0.2, 0.25) is 23.6 Å². The third kappa shape index (κ3) is 7.58. The molecule has 0 aliphatic carbocycles. The first-order valence-electron chi connectivity index (χ1n) is 13.5. The number of hydrogen-bond acceptors (Lipinski definition) is 8. The van der Waals surface area contributed by atoms with Gasteiger partial charge in [-0.2, -0.15) is 0 Å². The van der Waals surface area contributed by atoms with Crippen LogP contribution in [-0.2, 0) is 14.4 Å². The van der Waals surface area contributed by atoms with Gasteiger partial charge in [-0.05, 0) is 30.6 Å². The number of aliphatic hydroxyl groups is 1. The molecule has 4 N–H and O–H groups in total. The highest BCUT2D eigenvalue weighted by atomic mass is 32.1. The normalized spacial score (nSPS) is 19.4. The molecule has 220 valence electrons. The lowest BCUT2D eigenvalue weighted by molar-refractivity contribution is -0.145. The molecular formula is C29H43N5O5S. The molecule has 1 aliphatic heterocycles. The van der Waals surface area contributed by atoms with Gasteiger partial charge in [0.1, 0.15) is 12.1 Å². The Hall–Kier alpha value is -3.02. The average Bonchev–Trinajstić information content (AvgIpc) is 3.45. The fourth-order valence-electron chi connectivity index (χ4n) is 4.64. The highest BCUT2D eigenvalue weighted by Gasteiger charge is 2.45. The number of aliphatic hydroxyl groups excluding tert-OH is 1. The topological polar surface area (TPSA) is 135 Å². The van der Waals surface area contributed by atoms with Gasteiger partial charge in [0.05, 0.1) is 22.5 Å². The standard InChI is InChI=1S/C29H43N5O5S/c1-28(2,3)23(32-27(39)29(4,5)6)26(38)34-14-19(35)13-21(34)24(36)31-20(15-33(7)8)17-9-11-18(12-10-17)22-25(37)30-16-40-22/h9-12,16,19-21,23,35,37H,13-15H2,1-8H3,(H,31,36)(H,32,39)/t19-,20?,21+,23-/m1/s1. The van der Waals surface area contributed by atoms with E-state index in [1.807, 2.05) is 64.0 Å². The third-order valence-corrected chi connectivity index (χ3v) is 7.79. The molecule has 2 aromatic rings. The van der Waals surface area contributed by atoms with E-state index in [1.165, 1.54) is 16.2 Å². The van der Waals surface area contributed by atoms with Crippen LogP contribution in [0.3, 0.4) is 0 Å². The average molecular weight is 574 g/mol. The molecule has 11 heteroatoms. The van der Waals surface area contributed by atoms with Crippen molar-refractivity contribution in [2.45, 2.75) is 72.2 Å². The molecule has 4 atom stereocenters. The number of carbonyl (C=O) groups is 3. The summed E-state index contributed by atoms with van der Waals surface area (Å²) in [7, 11) is 3.81. The Bertz CT molecular complexity index is 1200. The zero-order valence-corrected chi connectivity index (χ0v) is 25.5. The number of thiazole rings is 1. The molecule has 0 bridgehead atoms. The Balaban J connectivity index is 1.83. The lowest BCUT2D eigenvalue weighted by Gasteiger charge is -2.37. The Morgan fingerprint density at radius 1 is 1.10 bits per heavy atom. The van der Waals surface area contributed by atoms with E-state index >= 15 is 0 Å². The van der Waals surface area contributed by atoms with Crippen LogP contribution < -0.4 is 10.6 Å². The van der Waals surface area contributed by atoms with Crippen LogP contribution in [0, 0.1) is 10.8 Å². The van der Waals surface area contributed by atoms with Crippen molar-refractivity contribution in [3.8, 4) is 16.3 Å². The van der Waals surface area contributed by atoms with Crippen molar-refractivity contribution in [2.24, 2.45) is 10.8 Å². The number of benzene rings is 1. The van der Waals surface area contributed by atoms with E-state index in [1.54, 1.807) is 26.3 Å². The quantitative estimate of drug-likeness (QED) is 0.381. The number of aromatic nitrogens is 1. The van der Waals surface area contributed by atoms with Gasteiger partial charge in [0, 0.05) is 24.9 Å². The van der Waals surface area contributed by atoms with Crippen LogP contribution in [-0.4, -0.2) is 88.1 Å². The highest BCUT2D eigenvalue weighted by Crippen LogP contribution is 2.33. The second-order valence-electron chi connectivity index (χ2n) is 12.9. The molecule has 3 rings (SSSR count). The van der Waals surface area contributed by atoms with E-state index < -0.39 is 29.0 Å². The predicted octanol–water partition coefficient (Wildman–Crippen LogP) is 2.77. The number of rotatable bonds is 8. The number of β-amino-alcohol motifs (C(OH)–C–C–N with tert-alkyl or cyclic N) is 1. The van der Waals surface area contributed by atoms with E-state index in [-0.39, 0.29) is 42.6 Å². The van der Waals surface area contributed by atoms with Crippen molar-refractivity contribution in [3.05, 3.63) is 35.3 Å². The minimum absolute atomic E-state index is 0.0142. The van der Waals surface area contributed by atoms with Gasteiger partial charge in [-0.1, -0.05) is 65.8 Å². The first-order chi connectivity index (χ1) is 18.5. The number of amides is 3. The molecule has 0 radical (unpaired) electrons. The summed E-state index contributed by atoms with van der Waals surface area (Å²) < 4.78 is 0. The Labute approximate surface area is 240 Å². The van der Waals surface area contributed by atoms with Gasteiger partial charge in [-0.15, -0.1) is 11.3 Å². The summed E-state index contributed by atoms with van der Waals surface area (Å²) in [5, 5.41) is 26.5. The molecule has 1 aromatic heterocycles. The monoisotopic (exact) mass is 573 g/mol. The first kappa shape index (κ1) is 31.5. The number of likely N-dealkylation sites (tertiary alicyclic amines) is 1. The molecule has 1 unspecified atom stereocenters. The Morgan fingerprint density at radius 2 is 1.73 bits per heavy atom. The SMILES string of the molecule is CN(C)CC(NC(=O)[C@@H]1C[C@@H](O)CN1C(=O)[C@@H](NC(=O)C(C)(C)C)C(C)(C)C)c1ccc(-c2scnc2O)cc1.